The molecule has 0 spiro atoms. The minimum Gasteiger partial charge on any atom is -0.360 e. The summed E-state index contributed by atoms with van der Waals surface area (Å²) in [5.41, 5.74) is 3.46. The van der Waals surface area contributed by atoms with E-state index in [-0.39, 0.29) is 0 Å². The molecule has 4 fully saturated rings. The zero-order chi connectivity index (χ0) is 17.0. The van der Waals surface area contributed by atoms with Crippen LogP contribution in [0.2, 0.25) is 0 Å². The summed E-state index contributed by atoms with van der Waals surface area (Å²) in [6.45, 7) is 4.43. The van der Waals surface area contributed by atoms with E-state index >= 15 is 0 Å². The van der Waals surface area contributed by atoms with Crippen molar-refractivity contribution in [1.29, 1.82) is 0 Å². The first-order valence-corrected chi connectivity index (χ1v) is 10.6. The van der Waals surface area contributed by atoms with E-state index in [0.29, 0.717) is 11.5 Å². The van der Waals surface area contributed by atoms with Crippen LogP contribution >= 0.6 is 12.2 Å². The fourth-order valence-corrected chi connectivity index (χ4v) is 7.14. The Bertz CT molecular complexity index is 647. The molecule has 0 aromatic heterocycles. The summed E-state index contributed by atoms with van der Waals surface area (Å²) >= 11 is 5.85. The van der Waals surface area contributed by atoms with Gasteiger partial charge >= 0.3 is 0 Å². The lowest BCUT2D eigenvalue weighted by molar-refractivity contribution is -0.0675. The monoisotopic (exact) mass is 354 g/mol. The van der Waals surface area contributed by atoms with E-state index in [2.05, 4.69) is 41.4 Å². The third-order valence-electron chi connectivity index (χ3n) is 7.76. The number of thiocarbonyl (C=S) groups is 1. The first-order chi connectivity index (χ1) is 12.1. The zero-order valence-electron chi connectivity index (χ0n) is 15.3. The van der Waals surface area contributed by atoms with E-state index in [1.165, 1.54) is 49.7 Å². The molecule has 1 atom stereocenters. The molecule has 3 heteroatoms. The second-order valence-corrected chi connectivity index (χ2v) is 9.78. The van der Waals surface area contributed by atoms with Crippen LogP contribution in [-0.4, -0.2) is 22.6 Å². The third kappa shape index (κ3) is 2.79. The molecule has 4 saturated carbocycles. The van der Waals surface area contributed by atoms with Crippen LogP contribution in [-0.2, 0) is 13.0 Å². The van der Waals surface area contributed by atoms with Gasteiger partial charge in [-0.2, -0.15) is 0 Å². The SMILES string of the molecule is C[C@H](NC(=S)N1CCc2ccccc2C1)C12CC3CC(CC(C3)C1)C2. The number of benzene rings is 1. The highest BCUT2D eigenvalue weighted by Gasteiger charge is 2.53. The van der Waals surface area contributed by atoms with Crippen molar-refractivity contribution in [3.63, 3.8) is 0 Å². The Morgan fingerprint density at radius 2 is 1.68 bits per heavy atom. The highest BCUT2D eigenvalue weighted by Crippen LogP contribution is 2.61. The van der Waals surface area contributed by atoms with E-state index in [4.69, 9.17) is 12.2 Å². The molecular formula is C22H30N2S. The van der Waals surface area contributed by atoms with E-state index < -0.39 is 0 Å². The molecule has 0 unspecified atom stereocenters. The van der Waals surface area contributed by atoms with Gasteiger partial charge in [0.25, 0.3) is 0 Å². The predicted octanol–water partition coefficient (Wildman–Crippen LogP) is 4.52. The molecule has 1 aromatic rings. The molecule has 0 saturated heterocycles. The highest BCUT2D eigenvalue weighted by molar-refractivity contribution is 7.80. The number of nitrogens with one attached hydrogen (secondary N) is 1. The second-order valence-electron chi connectivity index (χ2n) is 9.39. The summed E-state index contributed by atoms with van der Waals surface area (Å²) in [5, 5.41) is 4.78. The average Bonchev–Trinajstić information content (AvgIpc) is 2.60. The number of fused-ring (bicyclic) bond motifs is 1. The van der Waals surface area contributed by atoms with E-state index in [1.807, 2.05) is 0 Å². The number of nitrogens with zero attached hydrogens (tertiary/aromatic N) is 1. The van der Waals surface area contributed by atoms with E-state index in [9.17, 15) is 0 Å². The van der Waals surface area contributed by atoms with Crippen molar-refractivity contribution < 1.29 is 0 Å². The lowest BCUT2D eigenvalue weighted by atomic mass is 9.48. The van der Waals surface area contributed by atoms with Gasteiger partial charge in [0.05, 0.1) is 0 Å². The summed E-state index contributed by atoms with van der Waals surface area (Å²) < 4.78 is 0. The first kappa shape index (κ1) is 16.1. The van der Waals surface area contributed by atoms with E-state index in [0.717, 1.165) is 42.4 Å². The van der Waals surface area contributed by atoms with Gasteiger partial charge in [-0.15, -0.1) is 0 Å². The van der Waals surface area contributed by atoms with Gasteiger partial charge in [0.1, 0.15) is 0 Å². The topological polar surface area (TPSA) is 15.3 Å². The fraction of sp³-hybridized carbons (Fsp3) is 0.682. The molecule has 1 N–H and O–H groups in total. The van der Waals surface area contributed by atoms with Crippen molar-refractivity contribution >= 4 is 17.3 Å². The molecule has 4 bridgehead atoms. The normalized spacial score (nSPS) is 36.8. The Kier molecular flexibility index (Phi) is 3.85. The molecule has 6 rings (SSSR count). The lowest BCUT2D eigenvalue weighted by Gasteiger charge is -2.59. The smallest absolute Gasteiger partial charge is 0.169 e. The standard InChI is InChI=1S/C22H30N2S/c1-15(22-11-16-8-17(12-22)10-18(9-16)13-22)23-21(25)24-7-6-19-4-2-3-5-20(19)14-24/h2-5,15-18H,6-14H2,1H3,(H,23,25)/t15-,16?,17?,18?,22?/m0/s1. The summed E-state index contributed by atoms with van der Waals surface area (Å²) in [4.78, 5) is 2.38. The molecule has 25 heavy (non-hydrogen) atoms. The number of rotatable bonds is 2. The Morgan fingerprint density at radius 3 is 2.32 bits per heavy atom. The van der Waals surface area contributed by atoms with Crippen molar-refractivity contribution in [3.8, 4) is 0 Å². The van der Waals surface area contributed by atoms with Crippen LogP contribution in [0.25, 0.3) is 0 Å². The maximum absolute atomic E-state index is 5.85. The van der Waals surface area contributed by atoms with Crippen LogP contribution < -0.4 is 5.32 Å². The first-order valence-electron chi connectivity index (χ1n) is 10.2. The second kappa shape index (κ2) is 5.97. The van der Waals surface area contributed by atoms with Crippen molar-refractivity contribution in [2.45, 2.75) is 64.5 Å². The van der Waals surface area contributed by atoms with Crippen LogP contribution in [0, 0.1) is 23.2 Å². The Hall–Kier alpha value is -1.09. The molecule has 134 valence electrons. The van der Waals surface area contributed by atoms with Crippen LogP contribution in [0.5, 0.6) is 0 Å². The third-order valence-corrected chi connectivity index (χ3v) is 8.14. The minimum atomic E-state index is 0.519. The highest BCUT2D eigenvalue weighted by atomic mass is 32.1. The summed E-state index contributed by atoms with van der Waals surface area (Å²) in [6.07, 6.45) is 9.98. The number of hydrogen-bond donors (Lipinski definition) is 1. The maximum atomic E-state index is 5.85. The van der Waals surface area contributed by atoms with Crippen LogP contribution in [0.4, 0.5) is 0 Å². The largest absolute Gasteiger partial charge is 0.360 e. The molecule has 2 nitrogen and oxygen atoms in total. The molecule has 4 aliphatic carbocycles. The van der Waals surface area contributed by atoms with Crippen molar-refractivity contribution in [2.75, 3.05) is 6.54 Å². The maximum Gasteiger partial charge on any atom is 0.169 e. The molecule has 5 aliphatic rings. The average molecular weight is 355 g/mol. The van der Waals surface area contributed by atoms with Crippen LogP contribution in [0.15, 0.2) is 24.3 Å². The molecule has 1 aromatic carbocycles. The summed E-state index contributed by atoms with van der Waals surface area (Å²) in [5.74, 6) is 3.02. The van der Waals surface area contributed by atoms with Gasteiger partial charge < -0.3 is 10.2 Å². The van der Waals surface area contributed by atoms with E-state index in [1.54, 1.807) is 0 Å². The number of hydrogen-bond acceptors (Lipinski definition) is 1. The quantitative estimate of drug-likeness (QED) is 0.786. The van der Waals surface area contributed by atoms with Gasteiger partial charge in [0, 0.05) is 19.1 Å². The van der Waals surface area contributed by atoms with Gasteiger partial charge in [-0.05, 0) is 98.4 Å². The Morgan fingerprint density at radius 1 is 1.08 bits per heavy atom. The van der Waals surface area contributed by atoms with Gasteiger partial charge in [-0.1, -0.05) is 24.3 Å². The van der Waals surface area contributed by atoms with Crippen molar-refractivity contribution in [3.05, 3.63) is 35.4 Å². The van der Waals surface area contributed by atoms with Crippen LogP contribution in [0.1, 0.15) is 56.6 Å². The molecule has 0 radical (unpaired) electrons. The molecule has 1 heterocycles. The van der Waals surface area contributed by atoms with Gasteiger partial charge in [0.15, 0.2) is 5.11 Å². The minimum absolute atomic E-state index is 0.519. The Labute approximate surface area is 157 Å². The summed E-state index contributed by atoms with van der Waals surface area (Å²) in [6, 6.07) is 9.34. The van der Waals surface area contributed by atoms with Gasteiger partial charge in [0.2, 0.25) is 0 Å². The molecular weight excluding hydrogens is 324 g/mol. The Balaban J connectivity index is 1.27. The van der Waals surface area contributed by atoms with Crippen molar-refractivity contribution in [1.82, 2.24) is 10.2 Å². The molecule has 1 aliphatic heterocycles. The van der Waals surface area contributed by atoms with Crippen LogP contribution in [0.3, 0.4) is 0 Å². The van der Waals surface area contributed by atoms with Gasteiger partial charge in [-0.25, -0.2) is 0 Å². The molecule has 0 amide bonds. The van der Waals surface area contributed by atoms with Gasteiger partial charge in [-0.3, -0.25) is 0 Å². The zero-order valence-corrected chi connectivity index (χ0v) is 16.2. The fourth-order valence-electron chi connectivity index (χ4n) is 6.81. The summed E-state index contributed by atoms with van der Waals surface area (Å²) in [7, 11) is 0. The lowest BCUT2D eigenvalue weighted by Crippen LogP contribution is -2.57. The predicted molar refractivity (Wildman–Crippen MR) is 106 cm³/mol. The van der Waals surface area contributed by atoms with Crippen molar-refractivity contribution in [2.24, 2.45) is 23.2 Å².